The van der Waals surface area contributed by atoms with E-state index in [2.05, 4.69) is 20.3 Å². The fraction of sp³-hybridized carbons (Fsp3) is 0.150. The number of hydrogen-bond acceptors (Lipinski definition) is 5. The summed E-state index contributed by atoms with van der Waals surface area (Å²) in [6, 6.07) is 19.1. The molecule has 3 N–H and O–H groups in total. The SMILES string of the molecule is COc1cc(C)nc(NC(N)=NCc2ccc(Oc3ccccc3)cc2)n1. The Balaban J connectivity index is 1.59. The summed E-state index contributed by atoms with van der Waals surface area (Å²) >= 11 is 0. The zero-order chi connectivity index (χ0) is 19.1. The summed E-state index contributed by atoms with van der Waals surface area (Å²) in [6.45, 7) is 2.27. The minimum absolute atomic E-state index is 0.229. The van der Waals surface area contributed by atoms with Crippen LogP contribution in [0.2, 0.25) is 0 Å². The molecule has 0 fully saturated rings. The highest BCUT2D eigenvalue weighted by Gasteiger charge is 2.04. The number of hydrogen-bond donors (Lipinski definition) is 2. The molecule has 0 unspecified atom stereocenters. The van der Waals surface area contributed by atoms with E-state index in [-0.39, 0.29) is 5.96 Å². The fourth-order valence-electron chi connectivity index (χ4n) is 2.32. The lowest BCUT2D eigenvalue weighted by Gasteiger charge is -2.07. The van der Waals surface area contributed by atoms with Crippen LogP contribution in [0.1, 0.15) is 11.3 Å². The Kier molecular flexibility index (Phi) is 5.84. The number of aromatic nitrogens is 2. The van der Waals surface area contributed by atoms with Crippen molar-refractivity contribution in [1.29, 1.82) is 0 Å². The molecule has 27 heavy (non-hydrogen) atoms. The monoisotopic (exact) mass is 363 g/mol. The van der Waals surface area contributed by atoms with Gasteiger partial charge in [0, 0.05) is 11.8 Å². The van der Waals surface area contributed by atoms with Gasteiger partial charge in [0.1, 0.15) is 11.5 Å². The summed E-state index contributed by atoms with van der Waals surface area (Å²) in [6.07, 6.45) is 0. The van der Waals surface area contributed by atoms with Gasteiger partial charge in [-0.3, -0.25) is 5.32 Å². The minimum Gasteiger partial charge on any atom is -0.481 e. The van der Waals surface area contributed by atoms with Crippen molar-refractivity contribution in [2.45, 2.75) is 13.5 Å². The number of nitrogens with two attached hydrogens (primary N) is 1. The van der Waals surface area contributed by atoms with Gasteiger partial charge in [-0.25, -0.2) is 9.98 Å². The van der Waals surface area contributed by atoms with Crippen molar-refractivity contribution in [2.24, 2.45) is 10.7 Å². The number of anilines is 1. The van der Waals surface area contributed by atoms with Crippen LogP contribution in [0.5, 0.6) is 17.4 Å². The van der Waals surface area contributed by atoms with Gasteiger partial charge in [-0.1, -0.05) is 30.3 Å². The second kappa shape index (κ2) is 8.66. The highest BCUT2D eigenvalue weighted by atomic mass is 16.5. The average Bonchev–Trinajstić information content (AvgIpc) is 2.68. The molecule has 2 aromatic carbocycles. The van der Waals surface area contributed by atoms with Gasteiger partial charge in [-0.05, 0) is 36.8 Å². The molecule has 3 aromatic rings. The summed E-state index contributed by atoms with van der Waals surface area (Å²) in [7, 11) is 1.55. The van der Waals surface area contributed by atoms with Crippen LogP contribution in [0.4, 0.5) is 5.95 Å². The quantitative estimate of drug-likeness (QED) is 0.514. The van der Waals surface area contributed by atoms with Crippen molar-refractivity contribution in [2.75, 3.05) is 12.4 Å². The first-order valence-corrected chi connectivity index (χ1v) is 8.41. The van der Waals surface area contributed by atoms with Crippen molar-refractivity contribution in [1.82, 2.24) is 9.97 Å². The number of rotatable bonds is 6. The van der Waals surface area contributed by atoms with Crippen molar-refractivity contribution >= 4 is 11.9 Å². The maximum Gasteiger partial charge on any atom is 0.233 e. The van der Waals surface area contributed by atoms with Gasteiger partial charge in [0.25, 0.3) is 0 Å². The van der Waals surface area contributed by atoms with Gasteiger partial charge in [0.15, 0.2) is 5.96 Å². The lowest BCUT2D eigenvalue weighted by molar-refractivity contribution is 0.397. The number of aliphatic imine (C=N–C) groups is 1. The first kappa shape index (κ1) is 18.2. The highest BCUT2D eigenvalue weighted by molar-refractivity contribution is 5.90. The smallest absolute Gasteiger partial charge is 0.233 e. The highest BCUT2D eigenvalue weighted by Crippen LogP contribution is 2.21. The van der Waals surface area contributed by atoms with Crippen molar-refractivity contribution in [3.8, 4) is 17.4 Å². The van der Waals surface area contributed by atoms with Crippen LogP contribution in [-0.4, -0.2) is 23.0 Å². The number of guanidine groups is 1. The first-order chi connectivity index (χ1) is 13.1. The van der Waals surface area contributed by atoms with Crippen molar-refractivity contribution in [3.63, 3.8) is 0 Å². The topological polar surface area (TPSA) is 94.7 Å². The molecule has 0 aliphatic rings. The number of nitrogens with zero attached hydrogens (tertiary/aromatic N) is 3. The van der Waals surface area contributed by atoms with Gasteiger partial charge >= 0.3 is 0 Å². The number of ether oxygens (including phenoxy) is 2. The standard InChI is InChI=1S/C20H21N5O2/c1-14-12-18(26-2)24-20(23-14)25-19(21)22-13-15-8-10-17(11-9-15)27-16-6-4-3-5-7-16/h3-12H,13H2,1-2H3,(H3,21,22,23,24,25). The molecule has 0 saturated heterocycles. The van der Waals surface area contributed by atoms with E-state index in [0.717, 1.165) is 22.8 Å². The molecule has 1 heterocycles. The largest absolute Gasteiger partial charge is 0.481 e. The third-order valence-corrected chi connectivity index (χ3v) is 3.61. The lowest BCUT2D eigenvalue weighted by atomic mass is 10.2. The molecule has 3 rings (SSSR count). The predicted molar refractivity (Wildman–Crippen MR) is 105 cm³/mol. The van der Waals surface area contributed by atoms with Crippen LogP contribution in [0, 0.1) is 6.92 Å². The number of methoxy groups -OCH3 is 1. The zero-order valence-electron chi connectivity index (χ0n) is 15.2. The Bertz CT molecular complexity index is 911. The van der Waals surface area contributed by atoms with Gasteiger partial charge in [-0.15, -0.1) is 0 Å². The van der Waals surface area contributed by atoms with Gasteiger partial charge in [0.05, 0.1) is 13.7 Å². The van der Waals surface area contributed by atoms with Crippen molar-refractivity contribution < 1.29 is 9.47 Å². The zero-order valence-corrected chi connectivity index (χ0v) is 15.2. The third-order valence-electron chi connectivity index (χ3n) is 3.61. The molecular formula is C20H21N5O2. The second-order valence-electron chi connectivity index (χ2n) is 5.76. The molecule has 7 nitrogen and oxygen atoms in total. The van der Waals surface area contributed by atoms with Crippen LogP contribution in [-0.2, 0) is 6.54 Å². The Morgan fingerprint density at radius 1 is 1.04 bits per heavy atom. The van der Waals surface area contributed by atoms with Gasteiger partial charge in [0.2, 0.25) is 11.8 Å². The maximum absolute atomic E-state index is 5.92. The number of para-hydroxylation sites is 1. The molecule has 0 atom stereocenters. The molecule has 0 spiro atoms. The molecule has 0 radical (unpaired) electrons. The minimum atomic E-state index is 0.229. The third kappa shape index (κ3) is 5.43. The van der Waals surface area contributed by atoms with Crippen LogP contribution < -0.4 is 20.5 Å². The van der Waals surface area contributed by atoms with E-state index in [0.29, 0.717) is 18.4 Å². The molecule has 0 saturated carbocycles. The lowest BCUT2D eigenvalue weighted by Crippen LogP contribution is -2.24. The molecule has 0 amide bonds. The Hall–Kier alpha value is -3.61. The summed E-state index contributed by atoms with van der Waals surface area (Å²) < 4.78 is 10.9. The van der Waals surface area contributed by atoms with Crippen LogP contribution in [0.25, 0.3) is 0 Å². The Labute approximate surface area is 157 Å². The number of benzene rings is 2. The number of aryl methyl sites for hydroxylation is 1. The van der Waals surface area contributed by atoms with Crippen LogP contribution in [0.15, 0.2) is 65.7 Å². The average molecular weight is 363 g/mol. The summed E-state index contributed by atoms with van der Waals surface area (Å²) in [5.74, 6) is 2.60. The second-order valence-corrected chi connectivity index (χ2v) is 5.76. The van der Waals surface area contributed by atoms with E-state index in [4.69, 9.17) is 15.2 Å². The molecular weight excluding hydrogens is 342 g/mol. The van der Waals surface area contributed by atoms with E-state index >= 15 is 0 Å². The van der Waals surface area contributed by atoms with Crippen LogP contribution >= 0.6 is 0 Å². The molecule has 7 heteroatoms. The molecule has 138 valence electrons. The van der Waals surface area contributed by atoms with E-state index in [1.165, 1.54) is 0 Å². The van der Waals surface area contributed by atoms with E-state index in [9.17, 15) is 0 Å². The number of nitrogens with one attached hydrogen (secondary N) is 1. The normalized spacial score (nSPS) is 11.1. The van der Waals surface area contributed by atoms with E-state index in [1.807, 2.05) is 61.5 Å². The molecule has 0 bridgehead atoms. The van der Waals surface area contributed by atoms with Gasteiger partial charge in [-0.2, -0.15) is 4.98 Å². The summed E-state index contributed by atoms with van der Waals surface area (Å²) in [5, 5.41) is 2.87. The van der Waals surface area contributed by atoms with Crippen molar-refractivity contribution in [3.05, 3.63) is 71.9 Å². The first-order valence-electron chi connectivity index (χ1n) is 8.41. The summed E-state index contributed by atoms with van der Waals surface area (Å²) in [5.41, 5.74) is 7.69. The van der Waals surface area contributed by atoms with E-state index in [1.54, 1.807) is 13.2 Å². The Morgan fingerprint density at radius 2 is 1.74 bits per heavy atom. The molecule has 0 aliphatic heterocycles. The predicted octanol–water partition coefficient (Wildman–Crippen LogP) is 3.51. The van der Waals surface area contributed by atoms with E-state index < -0.39 is 0 Å². The maximum atomic E-state index is 5.92. The van der Waals surface area contributed by atoms with Gasteiger partial charge < -0.3 is 15.2 Å². The fourth-order valence-corrected chi connectivity index (χ4v) is 2.32. The Morgan fingerprint density at radius 3 is 2.44 bits per heavy atom. The summed E-state index contributed by atoms with van der Waals surface area (Å²) in [4.78, 5) is 12.7. The molecule has 1 aromatic heterocycles. The van der Waals surface area contributed by atoms with Crippen LogP contribution in [0.3, 0.4) is 0 Å². The molecule has 0 aliphatic carbocycles.